The van der Waals surface area contributed by atoms with Gasteiger partial charge in [-0.2, -0.15) is 13.2 Å². The van der Waals surface area contributed by atoms with Crippen molar-refractivity contribution in [1.29, 1.82) is 0 Å². The largest absolute Gasteiger partial charge is 0.471 e. The Morgan fingerprint density at radius 2 is 2.14 bits per heavy atom. The summed E-state index contributed by atoms with van der Waals surface area (Å²) in [4.78, 5) is 10.5. The van der Waals surface area contributed by atoms with E-state index in [0.29, 0.717) is 6.42 Å². The molecule has 80 valence electrons. The Balaban J connectivity index is 2.41. The molecule has 2 N–H and O–H groups in total. The van der Waals surface area contributed by atoms with Gasteiger partial charge in [0.15, 0.2) is 0 Å². The van der Waals surface area contributed by atoms with Crippen LogP contribution in [-0.4, -0.2) is 29.8 Å². The van der Waals surface area contributed by atoms with Gasteiger partial charge in [-0.05, 0) is 6.42 Å². The third-order valence-corrected chi connectivity index (χ3v) is 1.98. The molecule has 0 aromatic rings. The summed E-state index contributed by atoms with van der Waals surface area (Å²) in [6.07, 6.45) is -1.46. The average molecular weight is 209 g/mol. The number of hydrogen-bond donors (Lipinski definition) is 2. The smallest absolute Gasteiger partial charge is 0.396 e. The van der Waals surface area contributed by atoms with E-state index in [-0.39, 0.29) is 12.5 Å². The van der Waals surface area contributed by atoms with Gasteiger partial charge in [0.1, 0.15) is 0 Å². The molecule has 6 heteroatoms. The molecule has 2 unspecified atom stereocenters. The third-order valence-electron chi connectivity index (χ3n) is 1.98. The van der Waals surface area contributed by atoms with E-state index >= 15 is 0 Å². The van der Waals surface area contributed by atoms with E-state index in [1.54, 1.807) is 6.08 Å². The van der Waals surface area contributed by atoms with Crippen molar-refractivity contribution in [3.05, 3.63) is 12.2 Å². The van der Waals surface area contributed by atoms with Crippen LogP contribution in [0.15, 0.2) is 12.2 Å². The van der Waals surface area contributed by atoms with Gasteiger partial charge in [0.05, 0.1) is 0 Å². The lowest BCUT2D eigenvalue weighted by Gasteiger charge is -2.13. The molecule has 1 rings (SSSR count). The van der Waals surface area contributed by atoms with Gasteiger partial charge in [0.2, 0.25) is 0 Å². The van der Waals surface area contributed by atoms with E-state index < -0.39 is 18.1 Å². The van der Waals surface area contributed by atoms with E-state index in [0.717, 1.165) is 0 Å². The van der Waals surface area contributed by atoms with Crippen LogP contribution in [0.5, 0.6) is 0 Å². The van der Waals surface area contributed by atoms with Crippen LogP contribution in [0, 0.1) is 5.92 Å². The van der Waals surface area contributed by atoms with E-state index in [9.17, 15) is 18.0 Å². The molecule has 0 fully saturated rings. The highest BCUT2D eigenvalue weighted by atomic mass is 19.4. The second-order valence-electron chi connectivity index (χ2n) is 3.14. The highest BCUT2D eigenvalue weighted by Crippen LogP contribution is 2.20. The molecule has 1 amide bonds. The SMILES string of the molecule is O=C(NC1C=CC(CO)C1)C(F)(F)F. The van der Waals surface area contributed by atoms with Crippen LogP contribution < -0.4 is 5.32 Å². The molecule has 0 aromatic heterocycles. The Morgan fingerprint density at radius 1 is 1.50 bits per heavy atom. The van der Waals surface area contributed by atoms with Crippen LogP contribution in [-0.2, 0) is 4.79 Å². The van der Waals surface area contributed by atoms with Crippen molar-refractivity contribution in [3.63, 3.8) is 0 Å². The summed E-state index contributed by atoms with van der Waals surface area (Å²) < 4.78 is 35.4. The Morgan fingerprint density at radius 3 is 2.57 bits per heavy atom. The summed E-state index contributed by atoms with van der Waals surface area (Å²) in [5.74, 6) is -2.10. The predicted molar refractivity (Wildman–Crippen MR) is 42.3 cm³/mol. The van der Waals surface area contributed by atoms with Crippen LogP contribution in [0.25, 0.3) is 0 Å². The highest BCUT2D eigenvalue weighted by Gasteiger charge is 2.39. The maximum absolute atomic E-state index is 11.8. The molecule has 0 aromatic carbocycles. The minimum absolute atomic E-state index is 0.116. The molecule has 0 heterocycles. The van der Waals surface area contributed by atoms with Crippen molar-refractivity contribution in [2.24, 2.45) is 5.92 Å². The van der Waals surface area contributed by atoms with Gasteiger partial charge in [0, 0.05) is 18.6 Å². The predicted octanol–water partition coefficient (Wildman–Crippen LogP) is 0.602. The molecule has 2 atom stereocenters. The molecule has 0 bridgehead atoms. The first kappa shape index (κ1) is 11.0. The molecule has 0 aliphatic heterocycles. The highest BCUT2D eigenvalue weighted by molar-refractivity contribution is 5.82. The molecular formula is C8H10F3NO2. The fourth-order valence-corrected chi connectivity index (χ4v) is 1.27. The number of nitrogens with one attached hydrogen (secondary N) is 1. The fourth-order valence-electron chi connectivity index (χ4n) is 1.27. The van der Waals surface area contributed by atoms with Gasteiger partial charge < -0.3 is 10.4 Å². The molecule has 0 saturated carbocycles. The molecule has 0 radical (unpaired) electrons. The number of alkyl halides is 3. The summed E-state index contributed by atoms with van der Waals surface area (Å²) >= 11 is 0. The van der Waals surface area contributed by atoms with E-state index in [2.05, 4.69) is 0 Å². The molecule has 14 heavy (non-hydrogen) atoms. The number of halogens is 3. The lowest BCUT2D eigenvalue weighted by atomic mass is 10.1. The normalized spacial score (nSPS) is 26.6. The quantitative estimate of drug-likeness (QED) is 0.654. The third kappa shape index (κ3) is 2.73. The van der Waals surface area contributed by atoms with E-state index in [1.165, 1.54) is 6.08 Å². The fraction of sp³-hybridized carbons (Fsp3) is 0.625. The molecule has 1 aliphatic carbocycles. The van der Waals surface area contributed by atoms with Crippen molar-refractivity contribution < 1.29 is 23.1 Å². The van der Waals surface area contributed by atoms with Crippen LogP contribution in [0.2, 0.25) is 0 Å². The lowest BCUT2D eigenvalue weighted by molar-refractivity contribution is -0.174. The summed E-state index contributed by atoms with van der Waals surface area (Å²) in [6, 6.07) is -0.624. The summed E-state index contributed by atoms with van der Waals surface area (Å²) in [6.45, 7) is -0.116. The first-order valence-electron chi connectivity index (χ1n) is 4.10. The van der Waals surface area contributed by atoms with Crippen LogP contribution in [0.4, 0.5) is 13.2 Å². The van der Waals surface area contributed by atoms with Crippen LogP contribution >= 0.6 is 0 Å². The van der Waals surface area contributed by atoms with Crippen molar-refractivity contribution in [2.75, 3.05) is 6.61 Å². The molecule has 1 aliphatic rings. The minimum Gasteiger partial charge on any atom is -0.396 e. The number of carbonyl (C=O) groups is 1. The number of hydrogen-bond acceptors (Lipinski definition) is 2. The van der Waals surface area contributed by atoms with E-state index in [4.69, 9.17) is 5.11 Å². The zero-order chi connectivity index (χ0) is 10.8. The molecule has 0 spiro atoms. The van der Waals surface area contributed by atoms with Gasteiger partial charge >= 0.3 is 12.1 Å². The maximum Gasteiger partial charge on any atom is 0.471 e. The second-order valence-corrected chi connectivity index (χ2v) is 3.14. The van der Waals surface area contributed by atoms with Crippen molar-refractivity contribution in [1.82, 2.24) is 5.32 Å². The second kappa shape index (κ2) is 4.00. The summed E-state index contributed by atoms with van der Waals surface area (Å²) in [5, 5.41) is 10.5. The standard InChI is InChI=1S/C8H10F3NO2/c9-8(10,11)7(14)12-6-2-1-5(3-6)4-13/h1-2,5-6,13H,3-4H2,(H,12,14). The lowest BCUT2D eigenvalue weighted by Crippen LogP contribution is -2.41. The van der Waals surface area contributed by atoms with Gasteiger partial charge in [0.25, 0.3) is 0 Å². The van der Waals surface area contributed by atoms with Gasteiger partial charge in [-0.25, -0.2) is 0 Å². The molecule has 0 saturated heterocycles. The van der Waals surface area contributed by atoms with Crippen LogP contribution in [0.1, 0.15) is 6.42 Å². The zero-order valence-electron chi connectivity index (χ0n) is 7.21. The van der Waals surface area contributed by atoms with Crippen molar-refractivity contribution in [2.45, 2.75) is 18.6 Å². The number of aliphatic hydroxyl groups is 1. The van der Waals surface area contributed by atoms with Gasteiger partial charge in [-0.1, -0.05) is 12.2 Å². The Hall–Kier alpha value is -1.04. The Kier molecular flexibility index (Phi) is 3.15. The number of amides is 1. The number of aliphatic hydroxyl groups excluding tert-OH is 1. The Bertz CT molecular complexity index is 249. The molecular weight excluding hydrogens is 199 g/mol. The topological polar surface area (TPSA) is 49.3 Å². The van der Waals surface area contributed by atoms with Crippen molar-refractivity contribution >= 4 is 5.91 Å². The van der Waals surface area contributed by atoms with Gasteiger partial charge in [-0.3, -0.25) is 4.79 Å². The first-order chi connectivity index (χ1) is 6.43. The monoisotopic (exact) mass is 209 g/mol. The number of rotatable bonds is 2. The first-order valence-corrected chi connectivity index (χ1v) is 4.10. The minimum atomic E-state index is -4.84. The Labute approximate surface area is 78.6 Å². The molecule has 3 nitrogen and oxygen atoms in total. The number of carbonyl (C=O) groups excluding carboxylic acids is 1. The maximum atomic E-state index is 11.8. The van der Waals surface area contributed by atoms with Crippen LogP contribution in [0.3, 0.4) is 0 Å². The summed E-state index contributed by atoms with van der Waals surface area (Å²) in [7, 11) is 0. The van der Waals surface area contributed by atoms with Gasteiger partial charge in [-0.15, -0.1) is 0 Å². The van der Waals surface area contributed by atoms with Crippen molar-refractivity contribution in [3.8, 4) is 0 Å². The zero-order valence-corrected chi connectivity index (χ0v) is 7.21. The van der Waals surface area contributed by atoms with E-state index in [1.807, 2.05) is 5.32 Å². The average Bonchev–Trinajstić information content (AvgIpc) is 2.50. The summed E-state index contributed by atoms with van der Waals surface area (Å²) in [5.41, 5.74) is 0.